The summed E-state index contributed by atoms with van der Waals surface area (Å²) in [4.78, 5) is 110. The normalized spacial score (nSPS) is 18.5. The molecular weight excluding hydrogens is 1050 g/mol. The fourth-order valence-electron chi connectivity index (χ4n) is 10.4. The number of nitrogens with one attached hydrogen (secondary N) is 3. The fourth-order valence-corrected chi connectivity index (χ4v) is 10.4. The molecular formula is C58H92N6O17. The summed E-state index contributed by atoms with van der Waals surface area (Å²) in [5.74, 6) is -5.20. The Labute approximate surface area is 478 Å². The van der Waals surface area contributed by atoms with Crippen LogP contribution in [-0.2, 0) is 81.7 Å². The molecule has 1 aromatic rings. The molecule has 3 aliphatic rings. The number of likely N-dealkylation sites (tertiary alicyclic amines) is 1. The van der Waals surface area contributed by atoms with E-state index in [4.69, 9.17) is 37.9 Å². The number of hydrogen-bond donors (Lipinski definition) is 4. The first-order valence-corrected chi connectivity index (χ1v) is 28.5. The van der Waals surface area contributed by atoms with Crippen molar-refractivity contribution in [1.82, 2.24) is 30.7 Å². The summed E-state index contributed by atoms with van der Waals surface area (Å²) in [5.41, 5.74) is -1.25. The third-order valence-electron chi connectivity index (χ3n) is 15.4. The molecule has 23 nitrogen and oxygen atoms in total. The van der Waals surface area contributed by atoms with Gasteiger partial charge in [0.25, 0.3) is 11.8 Å². The number of methoxy groups -OCH3 is 2. The molecule has 2 heterocycles. The van der Waals surface area contributed by atoms with E-state index in [0.717, 1.165) is 10.5 Å². The van der Waals surface area contributed by atoms with Crippen molar-refractivity contribution in [2.45, 2.75) is 141 Å². The Balaban J connectivity index is 1.16. The molecule has 81 heavy (non-hydrogen) atoms. The maximum absolute atomic E-state index is 14.5. The number of nitrogens with zero attached hydrogens (tertiary/aromatic N) is 3. The number of carboxylic acid groups (broad SMARTS) is 1. The fraction of sp³-hybridized carbons (Fsp3) is 0.724. The van der Waals surface area contributed by atoms with Gasteiger partial charge in [-0.1, -0.05) is 71.4 Å². The molecule has 1 saturated carbocycles. The number of imide groups is 1. The Kier molecular flexibility index (Phi) is 28.8. The SMILES string of the molecule is CCC(C)C(C(CC(=O)N1CCC[C@H]1C(OC)C(C)C(=O)NC(C(=O)O)C1(c2ccccc2)CC1)OC)N(C)C(=O)C(NC(=O)C(C)(C)NC(=O)CCOCCOCCOCCOCCOCCOCCN1C(=O)C=CC1=O)C(C)C. The smallest absolute Gasteiger partial charge is 0.327 e. The first kappa shape index (κ1) is 68.1. The lowest BCUT2D eigenvalue weighted by molar-refractivity contribution is -0.148. The second kappa shape index (κ2) is 34.3. The molecule has 0 aromatic heterocycles. The van der Waals surface area contributed by atoms with Gasteiger partial charge in [-0.25, -0.2) is 4.79 Å². The molecule has 4 N–H and O–H groups in total. The minimum Gasteiger partial charge on any atom is -0.480 e. The topological polar surface area (TPSA) is 276 Å². The minimum atomic E-state index is -1.40. The Bertz CT molecular complexity index is 2190. The summed E-state index contributed by atoms with van der Waals surface area (Å²) in [6, 6.07) is 6.13. The number of aliphatic carboxylic acids is 1. The molecule has 456 valence electrons. The minimum absolute atomic E-state index is 0.0213. The van der Waals surface area contributed by atoms with Crippen LogP contribution in [0.5, 0.6) is 0 Å². The van der Waals surface area contributed by atoms with Gasteiger partial charge < -0.3 is 68.8 Å². The van der Waals surface area contributed by atoms with Gasteiger partial charge in [-0.15, -0.1) is 0 Å². The van der Waals surface area contributed by atoms with Crippen LogP contribution in [0.3, 0.4) is 0 Å². The van der Waals surface area contributed by atoms with Crippen molar-refractivity contribution in [2.75, 3.05) is 114 Å². The molecule has 7 unspecified atom stereocenters. The third kappa shape index (κ3) is 20.5. The average molecular weight is 1150 g/mol. The third-order valence-corrected chi connectivity index (χ3v) is 15.4. The number of carbonyl (C=O) groups is 8. The summed E-state index contributed by atoms with van der Waals surface area (Å²) in [5, 5.41) is 18.8. The Morgan fingerprint density at radius 2 is 1.30 bits per heavy atom. The number of ether oxygens (including phenoxy) is 8. The second-order valence-corrected chi connectivity index (χ2v) is 21.8. The number of hydrogen-bond acceptors (Lipinski definition) is 16. The van der Waals surface area contributed by atoms with E-state index in [1.54, 1.807) is 37.6 Å². The molecule has 4 rings (SSSR count). The summed E-state index contributed by atoms with van der Waals surface area (Å²) in [6.45, 7) is 16.7. The Hall–Kier alpha value is -5.40. The van der Waals surface area contributed by atoms with Crippen LogP contribution in [0.15, 0.2) is 42.5 Å². The van der Waals surface area contributed by atoms with E-state index >= 15 is 0 Å². The summed E-state index contributed by atoms with van der Waals surface area (Å²) < 4.78 is 44.9. The quantitative estimate of drug-likeness (QED) is 0.0542. The monoisotopic (exact) mass is 1140 g/mol. The molecule has 2 aliphatic heterocycles. The van der Waals surface area contributed by atoms with Gasteiger partial charge in [-0.05, 0) is 56.9 Å². The number of carbonyl (C=O) groups excluding carboxylic acids is 7. The van der Waals surface area contributed by atoms with E-state index in [9.17, 15) is 43.5 Å². The van der Waals surface area contributed by atoms with Crippen molar-refractivity contribution in [3.63, 3.8) is 0 Å². The van der Waals surface area contributed by atoms with Crippen LogP contribution in [0.25, 0.3) is 0 Å². The van der Waals surface area contributed by atoms with Gasteiger partial charge in [-0.3, -0.25) is 38.5 Å². The highest BCUT2D eigenvalue weighted by Gasteiger charge is 2.55. The van der Waals surface area contributed by atoms with Crippen molar-refractivity contribution < 1.29 is 81.4 Å². The lowest BCUT2D eigenvalue weighted by Crippen LogP contribution is -2.62. The van der Waals surface area contributed by atoms with E-state index in [-0.39, 0.29) is 75.4 Å². The molecule has 0 bridgehead atoms. The zero-order valence-electron chi connectivity index (χ0n) is 49.4. The predicted octanol–water partition coefficient (Wildman–Crippen LogP) is 2.66. The molecule has 0 radical (unpaired) electrons. The highest BCUT2D eigenvalue weighted by Crippen LogP contribution is 2.51. The van der Waals surface area contributed by atoms with Crippen LogP contribution in [-0.4, -0.2) is 223 Å². The van der Waals surface area contributed by atoms with Gasteiger partial charge in [-0.2, -0.15) is 0 Å². The van der Waals surface area contributed by atoms with Gasteiger partial charge >= 0.3 is 5.97 Å². The molecule has 1 aromatic carbocycles. The maximum Gasteiger partial charge on any atom is 0.327 e. The standard InChI is InChI=1S/C58H92N6O17/c1-11-40(4)50(44(74-9)38-48(68)63-24-15-18-43(63)51(75-10)41(5)53(69)60-52(55(71)72)58(22-23-58)42-16-13-12-14-17-42)62(8)54(70)49(39(2)3)59-56(73)57(6,7)61-45(65)21-26-76-28-30-78-32-34-80-36-37-81-35-33-79-31-29-77-27-25-64-46(66)19-20-47(64)67/h12-14,16-17,19-20,39-41,43-44,49-52H,11,15,18,21-38H2,1-10H3,(H,59,73)(H,60,69)(H,61,65)(H,71,72)/t40?,41?,43-,44?,49?,50?,51?,52?/m0/s1. The largest absolute Gasteiger partial charge is 0.480 e. The van der Waals surface area contributed by atoms with Gasteiger partial charge in [0.1, 0.15) is 17.6 Å². The predicted molar refractivity (Wildman–Crippen MR) is 297 cm³/mol. The number of amides is 7. The Morgan fingerprint density at radius 1 is 0.765 bits per heavy atom. The molecule has 8 atom stereocenters. The summed E-state index contributed by atoms with van der Waals surface area (Å²) in [6.07, 6.45) is 3.97. The lowest BCUT2D eigenvalue weighted by atomic mass is 9.87. The van der Waals surface area contributed by atoms with E-state index < -0.39 is 82.8 Å². The van der Waals surface area contributed by atoms with Crippen molar-refractivity contribution >= 4 is 47.3 Å². The first-order valence-electron chi connectivity index (χ1n) is 28.5. The lowest BCUT2D eigenvalue weighted by Gasteiger charge is -2.41. The van der Waals surface area contributed by atoms with Crippen molar-refractivity contribution in [1.29, 1.82) is 0 Å². The molecule has 7 amide bonds. The van der Waals surface area contributed by atoms with Gasteiger partial charge in [0.05, 0.1) is 122 Å². The molecule has 2 fully saturated rings. The number of carboxylic acids is 1. The Morgan fingerprint density at radius 3 is 1.78 bits per heavy atom. The van der Waals surface area contributed by atoms with Gasteiger partial charge in [0, 0.05) is 51.8 Å². The van der Waals surface area contributed by atoms with Crippen molar-refractivity contribution in [3.05, 3.63) is 48.0 Å². The number of benzene rings is 1. The van der Waals surface area contributed by atoms with Gasteiger partial charge in [0.15, 0.2) is 0 Å². The summed E-state index contributed by atoms with van der Waals surface area (Å²) in [7, 11) is 4.63. The molecule has 0 spiro atoms. The van der Waals surface area contributed by atoms with Crippen LogP contribution in [0.1, 0.15) is 99.0 Å². The van der Waals surface area contributed by atoms with E-state index in [0.29, 0.717) is 91.5 Å². The van der Waals surface area contributed by atoms with E-state index in [2.05, 4.69) is 16.0 Å². The van der Waals surface area contributed by atoms with Crippen LogP contribution < -0.4 is 16.0 Å². The van der Waals surface area contributed by atoms with Crippen LogP contribution in [0.4, 0.5) is 0 Å². The van der Waals surface area contributed by atoms with Gasteiger partial charge in [0.2, 0.25) is 29.5 Å². The average Bonchev–Trinajstić information content (AvgIpc) is 3.99. The van der Waals surface area contributed by atoms with E-state index in [1.165, 1.54) is 26.4 Å². The van der Waals surface area contributed by atoms with E-state index in [1.807, 2.05) is 58.0 Å². The van der Waals surface area contributed by atoms with Crippen LogP contribution >= 0.6 is 0 Å². The molecule has 1 aliphatic carbocycles. The number of likely N-dealkylation sites (N-methyl/N-ethyl adjacent to an activating group) is 1. The van der Waals surface area contributed by atoms with Crippen LogP contribution in [0.2, 0.25) is 0 Å². The molecule has 23 heteroatoms. The zero-order valence-corrected chi connectivity index (χ0v) is 49.4. The van der Waals surface area contributed by atoms with Crippen molar-refractivity contribution in [3.8, 4) is 0 Å². The first-order chi connectivity index (χ1) is 38.6. The summed E-state index contributed by atoms with van der Waals surface area (Å²) >= 11 is 0. The highest BCUT2D eigenvalue weighted by molar-refractivity contribution is 6.12. The highest BCUT2D eigenvalue weighted by atomic mass is 16.6. The second-order valence-electron chi connectivity index (χ2n) is 21.8. The van der Waals surface area contributed by atoms with Crippen molar-refractivity contribution in [2.24, 2.45) is 17.8 Å². The zero-order chi connectivity index (χ0) is 59.7. The maximum atomic E-state index is 14.5. The van der Waals surface area contributed by atoms with Crippen LogP contribution in [0, 0.1) is 17.8 Å². The number of rotatable bonds is 41. The molecule has 1 saturated heterocycles.